The van der Waals surface area contributed by atoms with Gasteiger partial charge in [-0.3, -0.25) is 13.9 Å². The number of aryl methyl sites for hydroxylation is 1. The minimum atomic E-state index is -3.72. The number of hydrogen-bond acceptors (Lipinski definition) is 4. The zero-order valence-electron chi connectivity index (χ0n) is 19.6. The highest BCUT2D eigenvalue weighted by atomic mass is 32.2. The van der Waals surface area contributed by atoms with Gasteiger partial charge in [0.1, 0.15) is 12.6 Å². The predicted molar refractivity (Wildman–Crippen MR) is 128 cm³/mol. The zero-order valence-corrected chi connectivity index (χ0v) is 20.4. The highest BCUT2D eigenvalue weighted by Gasteiger charge is 2.29. The van der Waals surface area contributed by atoms with Gasteiger partial charge in [0.05, 0.1) is 11.9 Å². The third kappa shape index (κ3) is 6.56. The summed E-state index contributed by atoms with van der Waals surface area (Å²) in [5, 5.41) is 2.56. The second-order valence-electron chi connectivity index (χ2n) is 8.31. The Bertz CT molecular complexity index is 1030. The summed E-state index contributed by atoms with van der Waals surface area (Å²) in [4.78, 5) is 27.0. The van der Waals surface area contributed by atoms with Gasteiger partial charge in [0.25, 0.3) is 0 Å². The maximum Gasteiger partial charge on any atom is 0.244 e. The Hall–Kier alpha value is -2.87. The van der Waals surface area contributed by atoms with Crippen molar-refractivity contribution in [1.29, 1.82) is 0 Å². The van der Waals surface area contributed by atoms with Crippen molar-refractivity contribution in [2.75, 3.05) is 24.2 Å². The minimum absolute atomic E-state index is 0.192. The molecule has 2 aromatic rings. The SMILES string of the molecule is CNC(=O)[C@H](C)N(Cc1ccc(C)cc1)C(=O)CN(c1ccc(C(C)C)cc1)S(C)(=O)=O. The second-order valence-corrected chi connectivity index (χ2v) is 10.2. The van der Waals surface area contributed by atoms with Gasteiger partial charge in [-0.25, -0.2) is 8.42 Å². The number of amides is 2. The van der Waals surface area contributed by atoms with E-state index in [1.165, 1.54) is 11.9 Å². The molecule has 2 rings (SSSR count). The van der Waals surface area contributed by atoms with Crippen molar-refractivity contribution in [2.24, 2.45) is 0 Å². The van der Waals surface area contributed by atoms with Crippen LogP contribution in [0.3, 0.4) is 0 Å². The lowest BCUT2D eigenvalue weighted by atomic mass is 10.0. The molecule has 174 valence electrons. The molecule has 0 radical (unpaired) electrons. The molecular formula is C24H33N3O4S. The molecule has 8 heteroatoms. The Morgan fingerprint density at radius 3 is 2.00 bits per heavy atom. The smallest absolute Gasteiger partial charge is 0.244 e. The highest BCUT2D eigenvalue weighted by Crippen LogP contribution is 2.22. The number of rotatable bonds is 9. The minimum Gasteiger partial charge on any atom is -0.357 e. The molecule has 0 fully saturated rings. The molecule has 0 bridgehead atoms. The predicted octanol–water partition coefficient (Wildman–Crippen LogP) is 3.05. The van der Waals surface area contributed by atoms with Crippen molar-refractivity contribution >= 4 is 27.5 Å². The number of anilines is 1. The summed E-state index contributed by atoms with van der Waals surface area (Å²) in [5.41, 5.74) is 3.42. The number of hydrogen-bond donors (Lipinski definition) is 1. The fourth-order valence-electron chi connectivity index (χ4n) is 3.32. The third-order valence-electron chi connectivity index (χ3n) is 5.41. The molecule has 0 aromatic heterocycles. The Morgan fingerprint density at radius 2 is 1.53 bits per heavy atom. The Labute approximate surface area is 191 Å². The quantitative estimate of drug-likeness (QED) is 0.624. The first-order valence-corrected chi connectivity index (χ1v) is 12.4. The Morgan fingerprint density at radius 1 is 0.969 bits per heavy atom. The van der Waals surface area contributed by atoms with E-state index < -0.39 is 28.5 Å². The van der Waals surface area contributed by atoms with Gasteiger partial charge >= 0.3 is 0 Å². The van der Waals surface area contributed by atoms with E-state index in [1.807, 2.05) is 43.3 Å². The zero-order chi connectivity index (χ0) is 24.1. The molecule has 1 atom stereocenters. The van der Waals surface area contributed by atoms with Gasteiger partial charge in [-0.1, -0.05) is 55.8 Å². The van der Waals surface area contributed by atoms with E-state index in [0.29, 0.717) is 11.6 Å². The maximum absolute atomic E-state index is 13.3. The summed E-state index contributed by atoms with van der Waals surface area (Å²) in [6, 6.07) is 14.0. The van der Waals surface area contributed by atoms with Gasteiger partial charge in [-0.2, -0.15) is 0 Å². The molecule has 0 aliphatic rings. The average molecular weight is 460 g/mol. The number of carbonyl (C=O) groups excluding carboxylic acids is 2. The second kappa shape index (κ2) is 10.6. The molecule has 32 heavy (non-hydrogen) atoms. The van der Waals surface area contributed by atoms with Gasteiger partial charge in [-0.15, -0.1) is 0 Å². The lowest BCUT2D eigenvalue weighted by molar-refractivity contribution is -0.139. The molecule has 0 saturated carbocycles. The lowest BCUT2D eigenvalue weighted by Crippen LogP contribution is -2.50. The molecule has 0 aliphatic heterocycles. The Balaban J connectivity index is 2.36. The van der Waals surface area contributed by atoms with Crippen LogP contribution in [0.1, 0.15) is 43.4 Å². The number of sulfonamides is 1. The van der Waals surface area contributed by atoms with Crippen molar-refractivity contribution in [3.8, 4) is 0 Å². The molecule has 1 N–H and O–H groups in total. The van der Waals surface area contributed by atoms with E-state index in [2.05, 4.69) is 19.2 Å². The molecule has 0 heterocycles. The van der Waals surface area contributed by atoms with Crippen LogP contribution in [-0.2, 0) is 26.2 Å². The fourth-order valence-corrected chi connectivity index (χ4v) is 4.17. The van der Waals surface area contributed by atoms with E-state index in [4.69, 9.17) is 0 Å². The summed E-state index contributed by atoms with van der Waals surface area (Å²) in [6.45, 7) is 7.50. The van der Waals surface area contributed by atoms with Gasteiger partial charge in [0.15, 0.2) is 0 Å². The van der Waals surface area contributed by atoms with Crippen LogP contribution >= 0.6 is 0 Å². The summed E-state index contributed by atoms with van der Waals surface area (Å²) >= 11 is 0. The van der Waals surface area contributed by atoms with E-state index in [9.17, 15) is 18.0 Å². The molecule has 0 spiro atoms. The van der Waals surface area contributed by atoms with Gasteiger partial charge in [-0.05, 0) is 43.0 Å². The maximum atomic E-state index is 13.3. The van der Waals surface area contributed by atoms with Gasteiger partial charge in [0.2, 0.25) is 21.8 Å². The molecule has 0 unspecified atom stereocenters. The summed E-state index contributed by atoms with van der Waals surface area (Å²) < 4.78 is 26.2. The molecule has 0 aliphatic carbocycles. The topological polar surface area (TPSA) is 86.8 Å². The molecule has 2 amide bonds. The van der Waals surface area contributed by atoms with Crippen LogP contribution in [0.5, 0.6) is 0 Å². The van der Waals surface area contributed by atoms with Crippen molar-refractivity contribution in [2.45, 2.75) is 46.2 Å². The lowest BCUT2D eigenvalue weighted by Gasteiger charge is -2.31. The first-order valence-electron chi connectivity index (χ1n) is 10.6. The number of nitrogens with one attached hydrogen (secondary N) is 1. The summed E-state index contributed by atoms with van der Waals surface area (Å²) in [6.07, 6.45) is 1.07. The fraction of sp³-hybridized carbons (Fsp3) is 0.417. The summed E-state index contributed by atoms with van der Waals surface area (Å²) in [7, 11) is -2.22. The first kappa shape index (κ1) is 25.4. The molecule has 0 saturated heterocycles. The number of carbonyl (C=O) groups is 2. The average Bonchev–Trinajstić information content (AvgIpc) is 2.75. The monoisotopic (exact) mass is 459 g/mol. The van der Waals surface area contributed by atoms with Crippen LogP contribution in [0.25, 0.3) is 0 Å². The number of benzene rings is 2. The number of likely N-dealkylation sites (N-methyl/N-ethyl adjacent to an activating group) is 1. The van der Waals surface area contributed by atoms with Gasteiger partial charge < -0.3 is 10.2 Å². The standard InChI is InChI=1S/C24H33N3O4S/c1-17(2)21-11-13-22(14-12-21)27(32(6,30)31)16-23(28)26(19(4)24(29)25-5)15-20-9-7-18(3)8-10-20/h7-14,17,19H,15-16H2,1-6H3,(H,25,29)/t19-/m0/s1. The number of nitrogens with zero attached hydrogens (tertiary/aromatic N) is 2. The van der Waals surface area contributed by atoms with E-state index in [-0.39, 0.29) is 12.5 Å². The normalized spacial score (nSPS) is 12.3. The van der Waals surface area contributed by atoms with E-state index in [0.717, 1.165) is 27.3 Å². The van der Waals surface area contributed by atoms with Crippen molar-refractivity contribution in [1.82, 2.24) is 10.2 Å². The van der Waals surface area contributed by atoms with Crippen LogP contribution < -0.4 is 9.62 Å². The van der Waals surface area contributed by atoms with Crippen LogP contribution in [0.4, 0.5) is 5.69 Å². The van der Waals surface area contributed by atoms with Crippen molar-refractivity contribution in [3.05, 3.63) is 65.2 Å². The van der Waals surface area contributed by atoms with Crippen LogP contribution in [0, 0.1) is 6.92 Å². The van der Waals surface area contributed by atoms with Crippen LogP contribution in [-0.4, -0.2) is 51.0 Å². The van der Waals surface area contributed by atoms with E-state index >= 15 is 0 Å². The van der Waals surface area contributed by atoms with E-state index in [1.54, 1.807) is 19.1 Å². The van der Waals surface area contributed by atoms with Crippen molar-refractivity contribution in [3.63, 3.8) is 0 Å². The first-order chi connectivity index (χ1) is 14.9. The Kier molecular flexibility index (Phi) is 8.44. The van der Waals surface area contributed by atoms with Crippen molar-refractivity contribution < 1.29 is 18.0 Å². The highest BCUT2D eigenvalue weighted by molar-refractivity contribution is 7.92. The van der Waals surface area contributed by atoms with Crippen LogP contribution in [0.15, 0.2) is 48.5 Å². The molecule has 7 nitrogen and oxygen atoms in total. The summed E-state index contributed by atoms with van der Waals surface area (Å²) in [5.74, 6) is -0.478. The largest absolute Gasteiger partial charge is 0.357 e. The van der Waals surface area contributed by atoms with Gasteiger partial charge in [0, 0.05) is 13.6 Å². The molecule has 2 aromatic carbocycles. The van der Waals surface area contributed by atoms with Crippen LogP contribution in [0.2, 0.25) is 0 Å². The third-order valence-corrected chi connectivity index (χ3v) is 6.55. The molecular weight excluding hydrogens is 426 g/mol.